The van der Waals surface area contributed by atoms with Crippen LogP contribution >= 0.6 is 11.6 Å². The molecular weight excluding hydrogens is 368 g/mol. The molecule has 1 aromatic carbocycles. The van der Waals surface area contributed by atoms with Crippen LogP contribution in [-0.2, 0) is 11.3 Å². The van der Waals surface area contributed by atoms with Crippen LogP contribution in [0, 0.1) is 0 Å². The molecule has 2 aromatic rings. The summed E-state index contributed by atoms with van der Waals surface area (Å²) in [5.41, 5.74) is 0.662. The number of fused-ring (bicyclic) bond motifs is 1. The van der Waals surface area contributed by atoms with Crippen LogP contribution in [0.1, 0.15) is 17.9 Å². The van der Waals surface area contributed by atoms with Crippen LogP contribution in [0.5, 0.6) is 11.5 Å². The zero-order chi connectivity index (χ0) is 18.7. The molecule has 0 radical (unpaired) electrons. The van der Waals surface area contributed by atoms with Crippen molar-refractivity contribution in [2.75, 3.05) is 20.3 Å². The fourth-order valence-corrected chi connectivity index (χ4v) is 2.73. The molecule has 6 nitrogen and oxygen atoms in total. The third kappa shape index (κ3) is 3.96. The summed E-state index contributed by atoms with van der Waals surface area (Å²) in [6, 6.07) is 3.37. The van der Waals surface area contributed by atoms with Gasteiger partial charge >= 0.3 is 6.55 Å². The van der Waals surface area contributed by atoms with Crippen molar-refractivity contribution in [1.82, 2.24) is 14.5 Å². The molecule has 0 bridgehead atoms. The first-order valence-electron chi connectivity index (χ1n) is 7.78. The molecule has 26 heavy (non-hydrogen) atoms. The van der Waals surface area contributed by atoms with Crippen molar-refractivity contribution in [3.8, 4) is 11.5 Å². The van der Waals surface area contributed by atoms with E-state index in [9.17, 15) is 13.6 Å². The fourth-order valence-electron chi connectivity index (χ4n) is 2.46. The first-order chi connectivity index (χ1) is 12.5. The maximum atomic E-state index is 12.8. The molecule has 0 atom stereocenters. The van der Waals surface area contributed by atoms with Crippen LogP contribution in [0.4, 0.5) is 8.78 Å². The van der Waals surface area contributed by atoms with Gasteiger partial charge in [-0.15, -0.1) is 0 Å². The molecule has 9 heteroatoms. The van der Waals surface area contributed by atoms with Gasteiger partial charge in [-0.3, -0.25) is 9.36 Å². The summed E-state index contributed by atoms with van der Waals surface area (Å²) in [4.78, 5) is 17.4. The lowest BCUT2D eigenvalue weighted by Gasteiger charge is -2.19. The van der Waals surface area contributed by atoms with Gasteiger partial charge in [-0.05, 0) is 23.8 Å². The molecule has 0 spiro atoms. The van der Waals surface area contributed by atoms with E-state index in [1.165, 1.54) is 30.4 Å². The molecule has 0 fully saturated rings. The number of rotatable bonds is 5. The molecule has 2 heterocycles. The van der Waals surface area contributed by atoms with Gasteiger partial charge in [-0.25, -0.2) is 4.98 Å². The topological polar surface area (TPSA) is 56.6 Å². The van der Waals surface area contributed by atoms with Crippen molar-refractivity contribution < 1.29 is 23.0 Å². The lowest BCUT2D eigenvalue weighted by molar-refractivity contribution is -0.125. The zero-order valence-corrected chi connectivity index (χ0v) is 14.6. The van der Waals surface area contributed by atoms with E-state index >= 15 is 0 Å². The third-order valence-corrected chi connectivity index (χ3v) is 4.03. The third-order valence-electron chi connectivity index (χ3n) is 3.75. The van der Waals surface area contributed by atoms with Gasteiger partial charge in [0.2, 0.25) is 5.91 Å². The molecule has 0 aliphatic carbocycles. The summed E-state index contributed by atoms with van der Waals surface area (Å²) in [7, 11) is 1.51. The summed E-state index contributed by atoms with van der Waals surface area (Å²) >= 11 is 6.15. The summed E-state index contributed by atoms with van der Waals surface area (Å²) in [6.45, 7) is -1.89. The van der Waals surface area contributed by atoms with E-state index < -0.39 is 6.55 Å². The number of halogens is 3. The van der Waals surface area contributed by atoms with Crippen molar-refractivity contribution in [2.24, 2.45) is 0 Å². The predicted molar refractivity (Wildman–Crippen MR) is 91.4 cm³/mol. The van der Waals surface area contributed by atoms with Crippen molar-refractivity contribution in [3.63, 3.8) is 0 Å². The first kappa shape index (κ1) is 18.2. The second-order valence-electron chi connectivity index (χ2n) is 5.58. The molecule has 1 aromatic heterocycles. The first-order valence-corrected chi connectivity index (χ1v) is 8.15. The molecule has 0 unspecified atom stereocenters. The fraction of sp³-hybridized carbons (Fsp3) is 0.294. The Hall–Kier alpha value is -2.61. The average Bonchev–Trinajstić information content (AvgIpc) is 3.08. The lowest BCUT2D eigenvalue weighted by atomic mass is 10.1. The number of amides is 1. The average molecular weight is 384 g/mol. The Balaban J connectivity index is 1.69. The highest BCUT2D eigenvalue weighted by Gasteiger charge is 2.17. The van der Waals surface area contributed by atoms with Crippen LogP contribution in [0.15, 0.2) is 30.6 Å². The summed E-state index contributed by atoms with van der Waals surface area (Å²) in [5.74, 6) is 0.743. The number of benzene rings is 1. The van der Waals surface area contributed by atoms with Gasteiger partial charge in [-0.1, -0.05) is 11.6 Å². The Morgan fingerprint density at radius 1 is 1.42 bits per heavy atom. The number of nitrogens with zero attached hydrogens (tertiary/aromatic N) is 3. The Kier molecular flexibility index (Phi) is 5.41. The number of imidazole rings is 1. The number of carbonyl (C=O) groups is 1. The maximum Gasteiger partial charge on any atom is 0.319 e. The van der Waals surface area contributed by atoms with Crippen LogP contribution < -0.4 is 9.47 Å². The van der Waals surface area contributed by atoms with Gasteiger partial charge < -0.3 is 14.4 Å². The molecule has 0 N–H and O–H groups in total. The van der Waals surface area contributed by atoms with Gasteiger partial charge in [0, 0.05) is 25.5 Å². The standard InChI is InChI=1S/C17H16ClF2N3O3/c1-22(10-14-21-4-5-23(14)17(19)20)15(24)3-2-11-8-12(18)16-13(9-11)25-6-7-26-16/h2-5,8-9,17H,6-7,10H2,1H3/b3-2+. The van der Waals surface area contributed by atoms with E-state index in [1.54, 1.807) is 18.2 Å². The van der Waals surface area contributed by atoms with E-state index in [0.29, 0.717) is 39.9 Å². The number of hydrogen-bond donors (Lipinski definition) is 0. The number of aromatic nitrogens is 2. The van der Waals surface area contributed by atoms with E-state index in [4.69, 9.17) is 21.1 Å². The Morgan fingerprint density at radius 2 is 2.19 bits per heavy atom. The molecular formula is C17H16ClF2N3O3. The van der Waals surface area contributed by atoms with E-state index in [2.05, 4.69) is 4.98 Å². The smallest absolute Gasteiger partial charge is 0.319 e. The summed E-state index contributed by atoms with van der Waals surface area (Å²) in [6.07, 6.45) is 5.35. The minimum atomic E-state index is -2.70. The minimum absolute atomic E-state index is 0.0393. The second-order valence-corrected chi connectivity index (χ2v) is 5.99. The van der Waals surface area contributed by atoms with E-state index in [1.807, 2.05) is 0 Å². The summed E-state index contributed by atoms with van der Waals surface area (Å²) in [5, 5.41) is 0.390. The number of hydrogen-bond acceptors (Lipinski definition) is 4. The highest BCUT2D eigenvalue weighted by atomic mass is 35.5. The van der Waals surface area contributed by atoms with Crippen molar-refractivity contribution in [3.05, 3.63) is 47.0 Å². The van der Waals surface area contributed by atoms with Crippen LogP contribution in [-0.4, -0.2) is 40.6 Å². The Labute approximate surface area is 153 Å². The Bertz CT molecular complexity index is 839. The largest absolute Gasteiger partial charge is 0.486 e. The zero-order valence-electron chi connectivity index (χ0n) is 13.9. The van der Waals surface area contributed by atoms with E-state index in [0.717, 1.165) is 0 Å². The monoisotopic (exact) mass is 383 g/mol. The van der Waals surface area contributed by atoms with E-state index in [-0.39, 0.29) is 18.3 Å². The molecule has 1 aliphatic heterocycles. The molecule has 1 amide bonds. The normalized spacial score (nSPS) is 13.4. The predicted octanol–water partition coefficient (Wildman–Crippen LogP) is 3.37. The lowest BCUT2D eigenvalue weighted by Crippen LogP contribution is -2.26. The number of likely N-dealkylation sites (N-methyl/N-ethyl adjacent to an activating group) is 1. The van der Waals surface area contributed by atoms with Gasteiger partial charge in [-0.2, -0.15) is 8.78 Å². The van der Waals surface area contributed by atoms with Gasteiger partial charge in [0.25, 0.3) is 0 Å². The molecule has 3 rings (SSSR count). The van der Waals surface area contributed by atoms with Crippen LogP contribution in [0.3, 0.4) is 0 Å². The van der Waals surface area contributed by atoms with Gasteiger partial charge in [0.15, 0.2) is 11.5 Å². The number of carbonyl (C=O) groups excluding carboxylic acids is 1. The van der Waals surface area contributed by atoms with Crippen LogP contribution in [0.2, 0.25) is 5.02 Å². The molecule has 138 valence electrons. The molecule has 0 saturated carbocycles. The highest BCUT2D eigenvalue weighted by Crippen LogP contribution is 2.38. The Morgan fingerprint density at radius 3 is 2.96 bits per heavy atom. The molecule has 0 saturated heterocycles. The van der Waals surface area contributed by atoms with Crippen molar-refractivity contribution in [2.45, 2.75) is 13.1 Å². The highest BCUT2D eigenvalue weighted by molar-refractivity contribution is 6.32. The number of ether oxygens (including phenoxy) is 2. The second kappa shape index (κ2) is 7.74. The number of alkyl halides is 2. The van der Waals surface area contributed by atoms with Crippen molar-refractivity contribution >= 4 is 23.6 Å². The van der Waals surface area contributed by atoms with Crippen LogP contribution in [0.25, 0.3) is 6.08 Å². The molecule has 1 aliphatic rings. The van der Waals surface area contributed by atoms with Crippen molar-refractivity contribution in [1.29, 1.82) is 0 Å². The SMILES string of the molecule is CN(Cc1nccn1C(F)F)C(=O)/C=C/c1cc(Cl)c2c(c1)OCCO2. The maximum absolute atomic E-state index is 12.8. The van der Waals surface area contributed by atoms with Gasteiger partial charge in [0.05, 0.1) is 11.6 Å². The summed E-state index contributed by atoms with van der Waals surface area (Å²) < 4.78 is 37.3. The minimum Gasteiger partial charge on any atom is -0.486 e. The van der Waals surface area contributed by atoms with Gasteiger partial charge in [0.1, 0.15) is 19.0 Å². The quantitative estimate of drug-likeness (QED) is 0.743.